The zero-order chi connectivity index (χ0) is 18.9. The standard InChI is InChI=1S/C21H19N3OS3/c25-19(13-26-21-23-15-8-2-4-11-18(15)28-21)24-12-6-5-9-16(24)20-22-14-7-1-3-10-17(14)27-20/h1-4,7-8,10-11,16H,5-6,9,12-13H2/t16-/m1/s1. The van der Waals surface area contributed by atoms with Crippen LogP contribution in [0.25, 0.3) is 20.4 Å². The van der Waals surface area contributed by atoms with E-state index >= 15 is 0 Å². The van der Waals surface area contributed by atoms with Crippen LogP contribution >= 0.6 is 34.4 Å². The molecule has 0 aliphatic carbocycles. The number of rotatable bonds is 4. The Bertz CT molecular complexity index is 1070. The van der Waals surface area contributed by atoms with Crippen LogP contribution in [-0.2, 0) is 4.79 Å². The lowest BCUT2D eigenvalue weighted by Gasteiger charge is -2.34. The summed E-state index contributed by atoms with van der Waals surface area (Å²) in [7, 11) is 0. The number of carbonyl (C=O) groups excluding carboxylic acids is 1. The fourth-order valence-electron chi connectivity index (χ4n) is 3.64. The molecule has 4 aromatic rings. The fraction of sp³-hybridized carbons (Fsp3) is 0.286. The minimum Gasteiger partial charge on any atom is -0.332 e. The van der Waals surface area contributed by atoms with Gasteiger partial charge >= 0.3 is 0 Å². The molecule has 1 fully saturated rings. The number of thiazole rings is 2. The third-order valence-corrected chi connectivity index (χ3v) is 8.31. The lowest BCUT2D eigenvalue weighted by Crippen LogP contribution is -2.39. The SMILES string of the molecule is O=C(CSc1nc2ccccc2s1)N1CCCC[C@@H]1c1nc2ccccc2s1. The number of carbonyl (C=O) groups is 1. The molecule has 2 aromatic carbocycles. The van der Waals surface area contributed by atoms with Crippen molar-refractivity contribution in [3.05, 3.63) is 53.5 Å². The second kappa shape index (κ2) is 7.81. The molecule has 0 radical (unpaired) electrons. The van der Waals surface area contributed by atoms with E-state index in [1.807, 2.05) is 41.3 Å². The van der Waals surface area contributed by atoms with Gasteiger partial charge < -0.3 is 4.90 Å². The molecule has 0 unspecified atom stereocenters. The monoisotopic (exact) mass is 425 g/mol. The maximum absolute atomic E-state index is 13.0. The highest BCUT2D eigenvalue weighted by Crippen LogP contribution is 2.36. The predicted octanol–water partition coefficient (Wildman–Crippen LogP) is 5.75. The van der Waals surface area contributed by atoms with E-state index in [1.165, 1.54) is 9.40 Å². The molecule has 1 saturated heterocycles. The average molecular weight is 426 g/mol. The second-order valence-corrected chi connectivity index (χ2v) is 10.2. The Morgan fingerprint density at radius 2 is 1.71 bits per heavy atom. The molecule has 3 heterocycles. The van der Waals surface area contributed by atoms with Crippen molar-refractivity contribution in [1.29, 1.82) is 0 Å². The van der Waals surface area contributed by atoms with E-state index in [-0.39, 0.29) is 11.9 Å². The van der Waals surface area contributed by atoms with Crippen molar-refractivity contribution in [3.63, 3.8) is 0 Å². The van der Waals surface area contributed by atoms with Crippen molar-refractivity contribution in [2.75, 3.05) is 12.3 Å². The summed E-state index contributed by atoms with van der Waals surface area (Å²) in [5.74, 6) is 0.620. The maximum atomic E-state index is 13.0. The van der Waals surface area contributed by atoms with Gasteiger partial charge in [0.05, 0.1) is 32.2 Å². The lowest BCUT2D eigenvalue weighted by molar-refractivity contribution is -0.132. The van der Waals surface area contributed by atoms with Crippen molar-refractivity contribution < 1.29 is 4.79 Å². The number of benzene rings is 2. The minimum atomic E-state index is 0.106. The first kappa shape index (κ1) is 18.1. The van der Waals surface area contributed by atoms with Gasteiger partial charge in [0.15, 0.2) is 4.34 Å². The van der Waals surface area contributed by atoms with Crippen LogP contribution in [0, 0.1) is 0 Å². The van der Waals surface area contributed by atoms with Gasteiger partial charge in [-0.25, -0.2) is 9.97 Å². The van der Waals surface area contributed by atoms with Crippen molar-refractivity contribution in [2.24, 2.45) is 0 Å². The molecule has 1 aliphatic heterocycles. The van der Waals surface area contributed by atoms with Crippen LogP contribution < -0.4 is 0 Å². The molecule has 1 atom stereocenters. The number of hydrogen-bond donors (Lipinski definition) is 0. The molecule has 1 amide bonds. The first-order chi connectivity index (χ1) is 13.8. The Balaban J connectivity index is 1.33. The van der Waals surface area contributed by atoms with Crippen LogP contribution in [0.5, 0.6) is 0 Å². The average Bonchev–Trinajstić information content (AvgIpc) is 3.35. The summed E-state index contributed by atoms with van der Waals surface area (Å²) in [6.45, 7) is 0.819. The van der Waals surface area contributed by atoms with Crippen molar-refractivity contribution in [1.82, 2.24) is 14.9 Å². The second-order valence-electron chi connectivity index (χ2n) is 6.85. The molecule has 5 rings (SSSR count). The Labute approximate surface area is 175 Å². The molecule has 0 spiro atoms. The Hall–Kier alpha value is -1.96. The molecule has 4 nitrogen and oxygen atoms in total. The molecule has 0 saturated carbocycles. The normalized spacial score (nSPS) is 17.4. The van der Waals surface area contributed by atoms with E-state index in [2.05, 4.69) is 17.1 Å². The smallest absolute Gasteiger partial charge is 0.233 e. The number of nitrogens with zero attached hydrogens (tertiary/aromatic N) is 3. The number of amides is 1. The number of fused-ring (bicyclic) bond motifs is 2. The number of thioether (sulfide) groups is 1. The Kier molecular flexibility index (Phi) is 5.05. The Morgan fingerprint density at radius 3 is 2.46 bits per heavy atom. The van der Waals surface area contributed by atoms with E-state index in [1.54, 1.807) is 34.4 Å². The van der Waals surface area contributed by atoms with E-state index < -0.39 is 0 Å². The van der Waals surface area contributed by atoms with Crippen LogP contribution in [-0.4, -0.2) is 33.1 Å². The van der Waals surface area contributed by atoms with Crippen LogP contribution in [0.1, 0.15) is 30.3 Å². The largest absolute Gasteiger partial charge is 0.332 e. The van der Waals surface area contributed by atoms with Crippen LogP contribution in [0.4, 0.5) is 0 Å². The number of piperidine rings is 1. The van der Waals surface area contributed by atoms with E-state index in [9.17, 15) is 4.79 Å². The number of hydrogen-bond acceptors (Lipinski definition) is 6. The zero-order valence-corrected chi connectivity index (χ0v) is 17.7. The lowest BCUT2D eigenvalue weighted by atomic mass is 10.0. The maximum Gasteiger partial charge on any atom is 0.233 e. The molecule has 28 heavy (non-hydrogen) atoms. The van der Waals surface area contributed by atoms with Gasteiger partial charge in [-0.1, -0.05) is 36.0 Å². The first-order valence-electron chi connectivity index (χ1n) is 9.41. The fourth-order valence-corrected chi connectivity index (χ4v) is 6.71. The molecule has 1 aliphatic rings. The molecule has 7 heteroatoms. The summed E-state index contributed by atoms with van der Waals surface area (Å²) < 4.78 is 3.32. The van der Waals surface area contributed by atoms with Gasteiger partial charge in [0.25, 0.3) is 0 Å². The number of para-hydroxylation sites is 2. The number of likely N-dealkylation sites (tertiary alicyclic amines) is 1. The summed E-state index contributed by atoms with van der Waals surface area (Å²) in [6.07, 6.45) is 3.21. The van der Waals surface area contributed by atoms with Gasteiger partial charge in [0, 0.05) is 6.54 Å². The molecular weight excluding hydrogens is 406 g/mol. The third kappa shape index (κ3) is 3.54. The quantitative estimate of drug-likeness (QED) is 0.391. The van der Waals surface area contributed by atoms with Crippen LogP contribution in [0.2, 0.25) is 0 Å². The summed E-state index contributed by atoms with van der Waals surface area (Å²) in [5.41, 5.74) is 2.04. The zero-order valence-electron chi connectivity index (χ0n) is 15.2. The van der Waals surface area contributed by atoms with Gasteiger partial charge in [-0.15, -0.1) is 22.7 Å². The van der Waals surface area contributed by atoms with E-state index in [0.29, 0.717) is 5.75 Å². The Morgan fingerprint density at radius 1 is 1.00 bits per heavy atom. The van der Waals surface area contributed by atoms with Crippen LogP contribution in [0.3, 0.4) is 0 Å². The van der Waals surface area contributed by atoms with Gasteiger partial charge in [0.2, 0.25) is 5.91 Å². The highest BCUT2D eigenvalue weighted by atomic mass is 32.2. The molecular formula is C21H19N3OS3. The van der Waals surface area contributed by atoms with Crippen molar-refractivity contribution >= 4 is 60.8 Å². The summed E-state index contributed by atoms with van der Waals surface area (Å²) in [6, 6.07) is 16.4. The molecule has 2 aromatic heterocycles. The van der Waals surface area contributed by atoms with Gasteiger partial charge in [-0.3, -0.25) is 4.79 Å². The highest BCUT2D eigenvalue weighted by molar-refractivity contribution is 8.01. The van der Waals surface area contributed by atoms with Crippen molar-refractivity contribution in [2.45, 2.75) is 29.6 Å². The predicted molar refractivity (Wildman–Crippen MR) is 118 cm³/mol. The third-order valence-electron chi connectivity index (χ3n) is 5.01. The van der Waals surface area contributed by atoms with Crippen LogP contribution in [0.15, 0.2) is 52.9 Å². The van der Waals surface area contributed by atoms with Gasteiger partial charge in [0.1, 0.15) is 5.01 Å². The van der Waals surface area contributed by atoms with Gasteiger partial charge in [-0.2, -0.15) is 0 Å². The molecule has 142 valence electrons. The minimum absolute atomic E-state index is 0.106. The number of aromatic nitrogens is 2. The summed E-state index contributed by atoms with van der Waals surface area (Å²) in [5, 5.41) is 1.07. The summed E-state index contributed by atoms with van der Waals surface area (Å²) >= 11 is 4.93. The van der Waals surface area contributed by atoms with Gasteiger partial charge in [-0.05, 0) is 43.5 Å². The van der Waals surface area contributed by atoms with Crippen molar-refractivity contribution in [3.8, 4) is 0 Å². The first-order valence-corrected chi connectivity index (χ1v) is 12.0. The molecule has 0 N–H and O–H groups in total. The topological polar surface area (TPSA) is 46.1 Å². The van der Waals surface area contributed by atoms with E-state index in [0.717, 1.165) is 46.2 Å². The van der Waals surface area contributed by atoms with E-state index in [4.69, 9.17) is 4.98 Å². The highest BCUT2D eigenvalue weighted by Gasteiger charge is 2.30. The molecule has 0 bridgehead atoms. The summed E-state index contributed by atoms with van der Waals surface area (Å²) in [4.78, 5) is 24.5.